The average molecular weight is 226 g/mol. The molecular formula is C12H19FN2O. The minimum absolute atomic E-state index is 0.306. The second-order valence-electron chi connectivity index (χ2n) is 3.81. The standard InChI is InChI=1S/C12H19FN2O/c1-4-16-12-6-5-10(9-11(12)13)14-7-8-15(2)3/h5-6,9,14H,4,7-8H2,1-3H3. The van der Waals surface area contributed by atoms with Crippen LogP contribution >= 0.6 is 0 Å². The Morgan fingerprint density at radius 3 is 2.69 bits per heavy atom. The SMILES string of the molecule is CCOc1ccc(NCCN(C)C)cc1F. The molecule has 0 fully saturated rings. The van der Waals surface area contributed by atoms with Gasteiger partial charge in [-0.1, -0.05) is 0 Å². The van der Waals surface area contributed by atoms with E-state index in [1.54, 1.807) is 6.07 Å². The zero-order valence-corrected chi connectivity index (χ0v) is 10.1. The smallest absolute Gasteiger partial charge is 0.167 e. The van der Waals surface area contributed by atoms with Gasteiger partial charge in [-0.05, 0) is 33.2 Å². The van der Waals surface area contributed by atoms with Crippen LogP contribution < -0.4 is 10.1 Å². The van der Waals surface area contributed by atoms with Crippen LogP contribution in [0.25, 0.3) is 0 Å². The number of hydrogen-bond acceptors (Lipinski definition) is 3. The van der Waals surface area contributed by atoms with E-state index in [0.717, 1.165) is 18.8 Å². The predicted molar refractivity (Wildman–Crippen MR) is 64.6 cm³/mol. The fourth-order valence-corrected chi connectivity index (χ4v) is 1.31. The Labute approximate surface area is 96.2 Å². The largest absolute Gasteiger partial charge is 0.491 e. The summed E-state index contributed by atoms with van der Waals surface area (Å²) >= 11 is 0. The minimum atomic E-state index is -0.322. The van der Waals surface area contributed by atoms with Gasteiger partial charge in [-0.3, -0.25) is 0 Å². The summed E-state index contributed by atoms with van der Waals surface area (Å²) in [6, 6.07) is 4.93. The van der Waals surface area contributed by atoms with Gasteiger partial charge in [0.2, 0.25) is 0 Å². The highest BCUT2D eigenvalue weighted by molar-refractivity contribution is 5.47. The molecule has 1 aromatic carbocycles. The maximum absolute atomic E-state index is 13.4. The fraction of sp³-hybridized carbons (Fsp3) is 0.500. The van der Waals surface area contributed by atoms with Gasteiger partial charge in [0, 0.05) is 24.8 Å². The molecule has 0 radical (unpaired) electrons. The number of hydrogen-bond donors (Lipinski definition) is 1. The molecule has 1 rings (SSSR count). The minimum Gasteiger partial charge on any atom is -0.491 e. The highest BCUT2D eigenvalue weighted by Gasteiger charge is 2.03. The van der Waals surface area contributed by atoms with E-state index in [2.05, 4.69) is 10.2 Å². The Kier molecular flexibility index (Phi) is 5.05. The summed E-state index contributed by atoms with van der Waals surface area (Å²) in [6.45, 7) is 4.02. The topological polar surface area (TPSA) is 24.5 Å². The van der Waals surface area contributed by atoms with Crippen molar-refractivity contribution in [2.75, 3.05) is 39.1 Å². The van der Waals surface area contributed by atoms with Gasteiger partial charge in [0.05, 0.1) is 6.61 Å². The van der Waals surface area contributed by atoms with Gasteiger partial charge >= 0.3 is 0 Å². The maximum atomic E-state index is 13.4. The summed E-state index contributed by atoms with van der Waals surface area (Å²) in [4.78, 5) is 2.07. The second kappa shape index (κ2) is 6.33. The van der Waals surface area contributed by atoms with E-state index in [4.69, 9.17) is 4.74 Å². The van der Waals surface area contributed by atoms with Crippen LogP contribution in [0, 0.1) is 5.82 Å². The van der Waals surface area contributed by atoms with Crippen molar-refractivity contribution in [3.63, 3.8) is 0 Å². The van der Waals surface area contributed by atoms with Crippen LogP contribution in [0.5, 0.6) is 5.75 Å². The number of rotatable bonds is 6. The van der Waals surface area contributed by atoms with Crippen molar-refractivity contribution in [3.8, 4) is 5.75 Å². The molecule has 0 aliphatic heterocycles. The lowest BCUT2D eigenvalue weighted by Crippen LogP contribution is -2.20. The van der Waals surface area contributed by atoms with Crippen LogP contribution in [0.2, 0.25) is 0 Å². The molecule has 0 amide bonds. The summed E-state index contributed by atoms with van der Waals surface area (Å²) < 4.78 is 18.6. The lowest BCUT2D eigenvalue weighted by atomic mass is 10.3. The number of halogens is 1. The van der Waals surface area contributed by atoms with Crippen LogP contribution in [-0.2, 0) is 0 Å². The monoisotopic (exact) mass is 226 g/mol. The molecule has 0 aromatic heterocycles. The van der Waals surface area contributed by atoms with E-state index in [0.29, 0.717) is 12.4 Å². The number of likely N-dealkylation sites (N-methyl/N-ethyl adjacent to an activating group) is 1. The number of anilines is 1. The molecule has 1 aromatic rings. The Morgan fingerprint density at radius 2 is 2.12 bits per heavy atom. The molecule has 0 atom stereocenters. The van der Waals surface area contributed by atoms with E-state index in [1.807, 2.05) is 27.1 Å². The van der Waals surface area contributed by atoms with E-state index in [9.17, 15) is 4.39 Å². The molecule has 1 N–H and O–H groups in total. The zero-order chi connectivity index (χ0) is 12.0. The van der Waals surface area contributed by atoms with Crippen molar-refractivity contribution in [2.24, 2.45) is 0 Å². The summed E-state index contributed by atoms with van der Waals surface area (Å²) in [5, 5.41) is 3.15. The van der Waals surface area contributed by atoms with Crippen molar-refractivity contribution in [1.82, 2.24) is 4.90 Å². The van der Waals surface area contributed by atoms with E-state index < -0.39 is 0 Å². The van der Waals surface area contributed by atoms with Crippen LogP contribution in [0.1, 0.15) is 6.92 Å². The summed E-state index contributed by atoms with van der Waals surface area (Å²) in [6.07, 6.45) is 0. The van der Waals surface area contributed by atoms with Crippen molar-refractivity contribution >= 4 is 5.69 Å². The number of nitrogens with one attached hydrogen (secondary N) is 1. The van der Waals surface area contributed by atoms with Crippen LogP contribution in [0.15, 0.2) is 18.2 Å². The molecule has 0 saturated carbocycles. The summed E-state index contributed by atoms with van der Waals surface area (Å²) in [5.41, 5.74) is 0.780. The summed E-state index contributed by atoms with van der Waals surface area (Å²) in [7, 11) is 4.00. The van der Waals surface area contributed by atoms with Gasteiger partial charge in [0.1, 0.15) is 0 Å². The normalized spacial score (nSPS) is 10.6. The molecule has 3 nitrogen and oxygen atoms in total. The predicted octanol–water partition coefficient (Wildman–Crippen LogP) is 2.20. The first-order valence-electron chi connectivity index (χ1n) is 5.44. The lowest BCUT2D eigenvalue weighted by Gasteiger charge is -2.12. The Morgan fingerprint density at radius 1 is 1.38 bits per heavy atom. The molecule has 0 spiro atoms. The first-order valence-corrected chi connectivity index (χ1v) is 5.44. The van der Waals surface area contributed by atoms with Crippen molar-refractivity contribution < 1.29 is 9.13 Å². The average Bonchev–Trinajstić information content (AvgIpc) is 2.21. The molecule has 0 aliphatic carbocycles. The van der Waals surface area contributed by atoms with Gasteiger partial charge in [-0.25, -0.2) is 4.39 Å². The first kappa shape index (κ1) is 12.8. The van der Waals surface area contributed by atoms with Crippen LogP contribution in [0.4, 0.5) is 10.1 Å². The Balaban J connectivity index is 2.52. The Bertz CT molecular complexity index is 329. The second-order valence-corrected chi connectivity index (χ2v) is 3.81. The summed E-state index contributed by atoms with van der Waals surface area (Å²) in [5.74, 6) is -0.0163. The third-order valence-corrected chi connectivity index (χ3v) is 2.12. The molecule has 0 unspecified atom stereocenters. The van der Waals surface area contributed by atoms with E-state index in [1.165, 1.54) is 6.07 Å². The molecule has 0 aliphatic rings. The highest BCUT2D eigenvalue weighted by atomic mass is 19.1. The van der Waals surface area contributed by atoms with E-state index in [-0.39, 0.29) is 5.82 Å². The number of ether oxygens (including phenoxy) is 1. The third-order valence-electron chi connectivity index (χ3n) is 2.12. The van der Waals surface area contributed by atoms with Crippen LogP contribution in [-0.4, -0.2) is 38.7 Å². The quantitative estimate of drug-likeness (QED) is 0.804. The molecule has 0 heterocycles. The van der Waals surface area contributed by atoms with Gasteiger partial charge in [-0.2, -0.15) is 0 Å². The van der Waals surface area contributed by atoms with Crippen LogP contribution in [0.3, 0.4) is 0 Å². The van der Waals surface area contributed by atoms with Crippen molar-refractivity contribution in [3.05, 3.63) is 24.0 Å². The molecule has 4 heteroatoms. The number of benzene rings is 1. The molecular weight excluding hydrogens is 207 g/mol. The highest BCUT2D eigenvalue weighted by Crippen LogP contribution is 2.20. The van der Waals surface area contributed by atoms with E-state index >= 15 is 0 Å². The third kappa shape index (κ3) is 4.06. The molecule has 0 bridgehead atoms. The molecule has 90 valence electrons. The maximum Gasteiger partial charge on any atom is 0.167 e. The number of nitrogens with zero attached hydrogens (tertiary/aromatic N) is 1. The van der Waals surface area contributed by atoms with Gasteiger partial charge in [-0.15, -0.1) is 0 Å². The van der Waals surface area contributed by atoms with Crippen molar-refractivity contribution in [1.29, 1.82) is 0 Å². The van der Waals surface area contributed by atoms with Crippen molar-refractivity contribution in [2.45, 2.75) is 6.92 Å². The Hall–Kier alpha value is -1.29. The lowest BCUT2D eigenvalue weighted by molar-refractivity contribution is 0.321. The van der Waals surface area contributed by atoms with Gasteiger partial charge < -0.3 is 15.0 Å². The van der Waals surface area contributed by atoms with Gasteiger partial charge in [0.15, 0.2) is 11.6 Å². The van der Waals surface area contributed by atoms with Gasteiger partial charge in [0.25, 0.3) is 0 Å². The molecule has 0 saturated heterocycles. The first-order chi connectivity index (χ1) is 7.63. The fourth-order valence-electron chi connectivity index (χ4n) is 1.31. The molecule has 16 heavy (non-hydrogen) atoms. The zero-order valence-electron chi connectivity index (χ0n) is 10.1.